The number of aryl methyl sites for hydroxylation is 1. The fourth-order valence-corrected chi connectivity index (χ4v) is 5.06. The third-order valence-electron chi connectivity index (χ3n) is 4.74. The van der Waals surface area contributed by atoms with Gasteiger partial charge in [0, 0.05) is 11.3 Å². The highest BCUT2D eigenvalue weighted by Crippen LogP contribution is 2.26. The molecule has 0 spiro atoms. The molecule has 2 heterocycles. The molecule has 2 aromatic carbocycles. The molecule has 0 radical (unpaired) electrons. The van der Waals surface area contributed by atoms with E-state index in [1.54, 1.807) is 22.7 Å². The van der Waals surface area contributed by atoms with E-state index >= 15 is 0 Å². The highest BCUT2D eigenvalue weighted by atomic mass is 32.1. The zero-order valence-electron chi connectivity index (χ0n) is 16.8. The molecule has 0 bridgehead atoms. The largest absolute Gasteiger partial charge is 0.456 e. The van der Waals surface area contributed by atoms with Gasteiger partial charge in [-0.05, 0) is 42.0 Å². The van der Waals surface area contributed by atoms with E-state index in [4.69, 9.17) is 4.74 Å². The van der Waals surface area contributed by atoms with Crippen molar-refractivity contribution < 1.29 is 14.3 Å². The van der Waals surface area contributed by atoms with Gasteiger partial charge >= 0.3 is 5.97 Å². The molecule has 0 aliphatic rings. The fourth-order valence-electron chi connectivity index (χ4n) is 3.25. The van der Waals surface area contributed by atoms with Gasteiger partial charge in [0.05, 0.1) is 21.3 Å². The van der Waals surface area contributed by atoms with Gasteiger partial charge in [0.25, 0.3) is 5.91 Å². The minimum atomic E-state index is -0.372. The summed E-state index contributed by atoms with van der Waals surface area (Å²) in [6.45, 7) is -0.283. The van der Waals surface area contributed by atoms with Crippen LogP contribution in [-0.4, -0.2) is 23.5 Å². The van der Waals surface area contributed by atoms with Crippen LogP contribution in [0.4, 0.5) is 0 Å². The van der Waals surface area contributed by atoms with Crippen molar-refractivity contribution in [3.05, 3.63) is 87.6 Å². The fraction of sp³-hybridized carbons (Fsp3) is 0.208. The highest BCUT2D eigenvalue weighted by Gasteiger charge is 2.18. The van der Waals surface area contributed by atoms with Gasteiger partial charge in [-0.15, -0.1) is 22.7 Å². The monoisotopic (exact) mass is 450 g/mol. The van der Waals surface area contributed by atoms with Gasteiger partial charge in [0.2, 0.25) is 0 Å². The van der Waals surface area contributed by atoms with E-state index in [0.717, 1.165) is 32.1 Å². The second kappa shape index (κ2) is 10.3. The van der Waals surface area contributed by atoms with E-state index in [-0.39, 0.29) is 30.9 Å². The molecule has 2 aromatic heterocycles. The molecule has 0 saturated carbocycles. The van der Waals surface area contributed by atoms with Crippen molar-refractivity contribution in [3.63, 3.8) is 0 Å². The topological polar surface area (TPSA) is 68.3 Å². The number of hydrogen-bond acceptors (Lipinski definition) is 6. The number of rotatable bonds is 9. The van der Waals surface area contributed by atoms with Crippen LogP contribution in [0.3, 0.4) is 0 Å². The molecule has 4 rings (SSSR count). The maximum absolute atomic E-state index is 12.4. The third kappa shape index (κ3) is 5.77. The molecule has 0 aliphatic carbocycles. The van der Waals surface area contributed by atoms with Crippen molar-refractivity contribution in [2.75, 3.05) is 6.61 Å². The first-order chi connectivity index (χ1) is 15.2. The number of nitrogens with one attached hydrogen (secondary N) is 1. The second-order valence-electron chi connectivity index (χ2n) is 7.02. The number of ether oxygens (including phenoxy) is 1. The van der Waals surface area contributed by atoms with Crippen molar-refractivity contribution >= 4 is 44.8 Å². The quantitative estimate of drug-likeness (QED) is 0.359. The summed E-state index contributed by atoms with van der Waals surface area (Å²) < 4.78 is 6.34. The van der Waals surface area contributed by atoms with Crippen LogP contribution in [0.5, 0.6) is 0 Å². The van der Waals surface area contributed by atoms with Crippen molar-refractivity contribution in [1.29, 1.82) is 0 Å². The van der Waals surface area contributed by atoms with Crippen molar-refractivity contribution in [1.82, 2.24) is 10.3 Å². The average Bonchev–Trinajstić information content (AvgIpc) is 3.46. The summed E-state index contributed by atoms with van der Waals surface area (Å²) in [6.07, 6.45) is 1.62. The summed E-state index contributed by atoms with van der Waals surface area (Å²) in [4.78, 5) is 30.1. The number of aromatic nitrogens is 1. The standard InChI is InChI=1S/C24H22N2O3S2/c27-21(26-24(20-12-7-15-30-20)17-8-2-1-3-9-17)16-29-23(28)14-6-13-22-25-18-10-4-5-11-19(18)31-22/h1-5,7-12,15,24H,6,13-14,16H2,(H,26,27). The molecule has 4 aromatic rings. The van der Waals surface area contributed by atoms with Gasteiger partial charge in [-0.25, -0.2) is 4.98 Å². The molecule has 0 fully saturated rings. The Morgan fingerprint density at radius 1 is 1.00 bits per heavy atom. The molecule has 1 N–H and O–H groups in total. The first kappa shape index (κ1) is 21.2. The Bertz CT molecular complexity index is 1110. The summed E-state index contributed by atoms with van der Waals surface area (Å²) in [5, 5.41) is 5.96. The van der Waals surface area contributed by atoms with Crippen molar-refractivity contribution in [2.45, 2.75) is 25.3 Å². The normalized spacial score (nSPS) is 11.9. The summed E-state index contributed by atoms with van der Waals surface area (Å²) in [6, 6.07) is 21.4. The Labute approximate surface area is 188 Å². The lowest BCUT2D eigenvalue weighted by Crippen LogP contribution is -2.32. The first-order valence-electron chi connectivity index (χ1n) is 10.1. The molecule has 31 heavy (non-hydrogen) atoms. The van der Waals surface area contributed by atoms with Crippen LogP contribution in [0.1, 0.15) is 34.3 Å². The predicted octanol–water partition coefficient (Wildman–Crippen LogP) is 5.13. The number of fused-ring (bicyclic) bond motifs is 1. The molecular weight excluding hydrogens is 428 g/mol. The number of benzene rings is 2. The lowest BCUT2D eigenvalue weighted by molar-refractivity contribution is -0.148. The number of hydrogen-bond donors (Lipinski definition) is 1. The Morgan fingerprint density at radius 3 is 2.58 bits per heavy atom. The summed E-state index contributed by atoms with van der Waals surface area (Å²) >= 11 is 3.22. The third-order valence-corrected chi connectivity index (χ3v) is 6.77. The van der Waals surface area contributed by atoms with E-state index in [9.17, 15) is 9.59 Å². The van der Waals surface area contributed by atoms with Crippen LogP contribution in [-0.2, 0) is 20.7 Å². The lowest BCUT2D eigenvalue weighted by Gasteiger charge is -2.18. The average molecular weight is 451 g/mol. The first-order valence-corrected chi connectivity index (χ1v) is 11.8. The summed E-state index contributed by atoms with van der Waals surface area (Å²) in [7, 11) is 0. The Hall–Kier alpha value is -3.03. The molecule has 158 valence electrons. The predicted molar refractivity (Wildman–Crippen MR) is 124 cm³/mol. The number of nitrogens with zero attached hydrogens (tertiary/aromatic N) is 1. The SMILES string of the molecule is O=C(COC(=O)CCCc1nc2ccccc2s1)NC(c1ccccc1)c1cccs1. The number of thiazole rings is 1. The Kier molecular flexibility index (Phi) is 7.07. The van der Waals surface area contributed by atoms with Gasteiger partial charge in [0.15, 0.2) is 6.61 Å². The molecule has 0 saturated heterocycles. The van der Waals surface area contributed by atoms with Crippen LogP contribution in [0.2, 0.25) is 0 Å². The summed E-state index contributed by atoms with van der Waals surface area (Å²) in [5.74, 6) is -0.689. The van der Waals surface area contributed by atoms with Crippen LogP contribution >= 0.6 is 22.7 Å². The number of thiophene rings is 1. The van der Waals surface area contributed by atoms with Gasteiger partial charge < -0.3 is 10.1 Å². The van der Waals surface area contributed by atoms with E-state index in [2.05, 4.69) is 10.3 Å². The van der Waals surface area contributed by atoms with Gasteiger partial charge in [-0.3, -0.25) is 9.59 Å². The molecule has 0 aliphatic heterocycles. The highest BCUT2D eigenvalue weighted by molar-refractivity contribution is 7.18. The zero-order valence-corrected chi connectivity index (χ0v) is 18.5. The van der Waals surface area contributed by atoms with E-state index in [0.29, 0.717) is 6.42 Å². The lowest BCUT2D eigenvalue weighted by atomic mass is 10.1. The molecule has 7 heteroatoms. The van der Waals surface area contributed by atoms with Crippen molar-refractivity contribution in [2.24, 2.45) is 0 Å². The van der Waals surface area contributed by atoms with E-state index < -0.39 is 0 Å². The zero-order chi connectivity index (χ0) is 21.5. The minimum Gasteiger partial charge on any atom is -0.456 e. The molecule has 1 atom stereocenters. The van der Waals surface area contributed by atoms with Gasteiger partial charge in [-0.2, -0.15) is 0 Å². The smallest absolute Gasteiger partial charge is 0.306 e. The number of esters is 1. The molecule has 5 nitrogen and oxygen atoms in total. The van der Waals surface area contributed by atoms with Crippen LogP contribution in [0.25, 0.3) is 10.2 Å². The van der Waals surface area contributed by atoms with Crippen molar-refractivity contribution in [3.8, 4) is 0 Å². The van der Waals surface area contributed by atoms with E-state index in [1.165, 1.54) is 0 Å². The Morgan fingerprint density at radius 2 is 1.81 bits per heavy atom. The molecular formula is C24H22N2O3S2. The number of amides is 1. The van der Waals surface area contributed by atoms with Crippen LogP contribution in [0.15, 0.2) is 72.1 Å². The van der Waals surface area contributed by atoms with Crippen LogP contribution < -0.4 is 5.32 Å². The number of para-hydroxylation sites is 1. The maximum atomic E-state index is 12.4. The van der Waals surface area contributed by atoms with Crippen LogP contribution in [0, 0.1) is 0 Å². The molecule has 1 unspecified atom stereocenters. The summed E-state index contributed by atoms with van der Waals surface area (Å²) in [5.41, 5.74) is 1.97. The number of carbonyl (C=O) groups excluding carboxylic acids is 2. The maximum Gasteiger partial charge on any atom is 0.306 e. The number of carbonyl (C=O) groups is 2. The molecule has 1 amide bonds. The van der Waals surface area contributed by atoms with E-state index in [1.807, 2.05) is 72.1 Å². The second-order valence-corrected chi connectivity index (χ2v) is 9.11. The Balaban J connectivity index is 1.24. The minimum absolute atomic E-state index is 0.258. The van der Waals surface area contributed by atoms with Gasteiger partial charge in [0.1, 0.15) is 0 Å². The van der Waals surface area contributed by atoms with Gasteiger partial charge in [-0.1, -0.05) is 48.5 Å².